The first-order valence-electron chi connectivity index (χ1n) is 5.89. The first-order chi connectivity index (χ1) is 8.88. The zero-order valence-electron chi connectivity index (χ0n) is 10.6. The van der Waals surface area contributed by atoms with E-state index in [9.17, 15) is 0 Å². The van der Waals surface area contributed by atoms with Crippen molar-refractivity contribution >= 4 is 18.0 Å². The molecule has 102 valence electrons. The van der Waals surface area contributed by atoms with Crippen molar-refractivity contribution in [2.45, 2.75) is 32.2 Å². The molecule has 0 aliphatic carbocycles. The van der Waals surface area contributed by atoms with E-state index in [1.165, 1.54) is 11.8 Å². The Labute approximate surface area is 120 Å². The zero-order chi connectivity index (χ0) is 13.2. The minimum Gasteiger partial charge on any atom is -0.307 e. The van der Waals surface area contributed by atoms with Crippen LogP contribution in [0.25, 0.3) is 0 Å². The van der Waals surface area contributed by atoms with E-state index in [4.69, 9.17) is 5.41 Å². The van der Waals surface area contributed by atoms with Gasteiger partial charge in [-0.25, -0.2) is 9.97 Å². The van der Waals surface area contributed by atoms with Crippen molar-refractivity contribution < 1.29 is 0 Å². The van der Waals surface area contributed by atoms with Crippen molar-refractivity contribution in [3.8, 4) is 0 Å². The van der Waals surface area contributed by atoms with Crippen LogP contribution in [-0.2, 0) is 5.75 Å². The van der Waals surface area contributed by atoms with Crippen LogP contribution in [0.2, 0.25) is 0 Å². The highest BCUT2D eigenvalue weighted by Gasteiger charge is 1.99. The lowest BCUT2D eigenvalue weighted by atomic mass is 10.2. The van der Waals surface area contributed by atoms with Gasteiger partial charge < -0.3 is 5.41 Å². The van der Waals surface area contributed by atoms with Gasteiger partial charge in [0.25, 0.3) is 0 Å². The molecule has 0 amide bonds. The van der Waals surface area contributed by atoms with Gasteiger partial charge in [0, 0.05) is 18.2 Å². The molecular formula is C15H21N3S. The van der Waals surface area contributed by atoms with Gasteiger partial charge in [-0.1, -0.05) is 63.4 Å². The molecule has 1 aromatic heterocycles. The smallest absolute Gasteiger partial charge is 0.188 e. The molecule has 2 rings (SSSR count). The summed E-state index contributed by atoms with van der Waals surface area (Å²) in [5, 5.41) is 7.82. The van der Waals surface area contributed by atoms with Gasteiger partial charge in [0.2, 0.25) is 0 Å². The van der Waals surface area contributed by atoms with Crippen LogP contribution in [0.3, 0.4) is 0 Å². The van der Waals surface area contributed by atoms with E-state index >= 15 is 0 Å². The average molecular weight is 275 g/mol. The number of aromatic nitrogens is 2. The van der Waals surface area contributed by atoms with Crippen molar-refractivity contribution in [1.29, 1.82) is 5.41 Å². The third kappa shape index (κ3) is 6.15. The van der Waals surface area contributed by atoms with Crippen LogP contribution in [0, 0.1) is 5.41 Å². The number of nitrogens with one attached hydrogen (secondary N) is 1. The molecule has 1 heterocycles. The minimum atomic E-state index is 0. The standard InChI is InChI=1S/C12H11N3S.C2H6.CH4/c13-8-11-6-7-14-12(15-11)16-9-10-4-2-1-3-5-10;1-2;/h1-8,13H,9H2;1-2H3;1H4. The maximum atomic E-state index is 7.11. The molecule has 0 aliphatic heterocycles. The van der Waals surface area contributed by atoms with Gasteiger partial charge in [0.15, 0.2) is 5.16 Å². The largest absolute Gasteiger partial charge is 0.307 e. The van der Waals surface area contributed by atoms with Crippen molar-refractivity contribution in [1.82, 2.24) is 9.97 Å². The van der Waals surface area contributed by atoms with Gasteiger partial charge in [-0.15, -0.1) is 0 Å². The van der Waals surface area contributed by atoms with E-state index in [0.717, 1.165) is 5.75 Å². The predicted molar refractivity (Wildman–Crippen MR) is 84.0 cm³/mol. The van der Waals surface area contributed by atoms with Crippen LogP contribution in [0.1, 0.15) is 32.5 Å². The number of benzene rings is 1. The van der Waals surface area contributed by atoms with Gasteiger partial charge in [-0.05, 0) is 11.6 Å². The molecule has 3 nitrogen and oxygen atoms in total. The summed E-state index contributed by atoms with van der Waals surface area (Å²) in [5.74, 6) is 0.849. The Morgan fingerprint density at radius 2 is 1.84 bits per heavy atom. The summed E-state index contributed by atoms with van der Waals surface area (Å²) in [6.45, 7) is 4.00. The lowest BCUT2D eigenvalue weighted by Crippen LogP contribution is -1.92. The molecule has 0 unspecified atom stereocenters. The lowest BCUT2D eigenvalue weighted by molar-refractivity contribution is 0.959. The van der Waals surface area contributed by atoms with Crippen molar-refractivity contribution in [2.24, 2.45) is 0 Å². The van der Waals surface area contributed by atoms with Crippen LogP contribution in [0.4, 0.5) is 0 Å². The summed E-state index contributed by atoms with van der Waals surface area (Å²) in [6, 6.07) is 11.9. The van der Waals surface area contributed by atoms with Crippen LogP contribution in [-0.4, -0.2) is 16.2 Å². The fourth-order valence-electron chi connectivity index (χ4n) is 1.23. The highest BCUT2D eigenvalue weighted by atomic mass is 32.2. The molecule has 1 N–H and O–H groups in total. The maximum absolute atomic E-state index is 7.11. The Morgan fingerprint density at radius 3 is 2.47 bits per heavy atom. The molecule has 0 radical (unpaired) electrons. The Kier molecular flexibility index (Phi) is 9.35. The topological polar surface area (TPSA) is 49.6 Å². The molecule has 2 aromatic rings. The van der Waals surface area contributed by atoms with E-state index in [1.807, 2.05) is 32.0 Å². The fourth-order valence-corrected chi connectivity index (χ4v) is 2.02. The van der Waals surface area contributed by atoms with E-state index in [0.29, 0.717) is 10.9 Å². The zero-order valence-corrected chi connectivity index (χ0v) is 11.4. The second-order valence-corrected chi connectivity index (χ2v) is 4.13. The second kappa shape index (κ2) is 10.3. The van der Waals surface area contributed by atoms with Gasteiger partial charge >= 0.3 is 0 Å². The number of hydrogen-bond donors (Lipinski definition) is 1. The minimum absolute atomic E-state index is 0. The van der Waals surface area contributed by atoms with Crippen LogP contribution >= 0.6 is 11.8 Å². The molecular weight excluding hydrogens is 254 g/mol. The normalized spacial score (nSPS) is 8.74. The average Bonchev–Trinajstić information content (AvgIpc) is 2.48. The molecule has 0 saturated heterocycles. The first-order valence-corrected chi connectivity index (χ1v) is 6.87. The lowest BCUT2D eigenvalue weighted by Gasteiger charge is -2.00. The van der Waals surface area contributed by atoms with Crippen molar-refractivity contribution in [3.63, 3.8) is 0 Å². The fraction of sp³-hybridized carbons (Fsp3) is 0.267. The Balaban J connectivity index is 0.00000103. The van der Waals surface area contributed by atoms with Gasteiger partial charge in [-0.3, -0.25) is 0 Å². The van der Waals surface area contributed by atoms with E-state index in [-0.39, 0.29) is 7.43 Å². The number of thioether (sulfide) groups is 1. The summed E-state index contributed by atoms with van der Waals surface area (Å²) < 4.78 is 0. The summed E-state index contributed by atoms with van der Waals surface area (Å²) in [4.78, 5) is 8.37. The van der Waals surface area contributed by atoms with Crippen LogP contribution < -0.4 is 0 Å². The maximum Gasteiger partial charge on any atom is 0.188 e. The SMILES string of the molecule is C.CC.N=Cc1ccnc(SCc2ccccc2)n1. The Morgan fingerprint density at radius 1 is 1.16 bits per heavy atom. The molecule has 0 aliphatic rings. The molecule has 0 saturated carbocycles. The Bertz CT molecular complexity index is 472. The summed E-state index contributed by atoms with van der Waals surface area (Å²) in [7, 11) is 0. The molecule has 4 heteroatoms. The summed E-state index contributed by atoms with van der Waals surface area (Å²) in [5.41, 5.74) is 1.89. The second-order valence-electron chi connectivity index (χ2n) is 3.18. The highest BCUT2D eigenvalue weighted by molar-refractivity contribution is 7.98. The van der Waals surface area contributed by atoms with Crippen LogP contribution in [0.15, 0.2) is 47.8 Å². The van der Waals surface area contributed by atoms with E-state index < -0.39 is 0 Å². The monoisotopic (exact) mass is 275 g/mol. The van der Waals surface area contributed by atoms with E-state index in [1.54, 1.807) is 24.0 Å². The molecule has 1 aromatic carbocycles. The summed E-state index contributed by atoms with van der Waals surface area (Å²) in [6.07, 6.45) is 2.91. The van der Waals surface area contributed by atoms with Crippen molar-refractivity contribution in [2.75, 3.05) is 0 Å². The highest BCUT2D eigenvalue weighted by Crippen LogP contribution is 2.18. The molecule has 0 spiro atoms. The quantitative estimate of drug-likeness (QED) is 0.510. The Hall–Kier alpha value is -1.68. The van der Waals surface area contributed by atoms with E-state index in [2.05, 4.69) is 22.1 Å². The number of hydrogen-bond acceptors (Lipinski definition) is 4. The molecule has 19 heavy (non-hydrogen) atoms. The third-order valence-corrected chi connectivity index (χ3v) is 2.95. The first kappa shape index (κ1) is 17.3. The van der Waals surface area contributed by atoms with Gasteiger partial charge in [0.05, 0.1) is 5.69 Å². The summed E-state index contributed by atoms with van der Waals surface area (Å²) >= 11 is 1.58. The molecule has 0 bridgehead atoms. The van der Waals surface area contributed by atoms with Crippen molar-refractivity contribution in [3.05, 3.63) is 53.9 Å². The number of nitrogens with zero attached hydrogens (tertiary/aromatic N) is 2. The third-order valence-electron chi connectivity index (χ3n) is 2.01. The van der Waals surface area contributed by atoms with Gasteiger partial charge in [-0.2, -0.15) is 0 Å². The molecule has 0 atom stereocenters. The number of rotatable bonds is 4. The predicted octanol–water partition coefficient (Wildman–Crippen LogP) is 4.43. The van der Waals surface area contributed by atoms with Crippen LogP contribution in [0.5, 0.6) is 0 Å². The van der Waals surface area contributed by atoms with Gasteiger partial charge in [0.1, 0.15) is 0 Å². The molecule has 0 fully saturated rings.